The lowest BCUT2D eigenvalue weighted by molar-refractivity contribution is 0.243. The highest BCUT2D eigenvalue weighted by Crippen LogP contribution is 2.22. The molecular formula is C25H29ClN6OS. The number of rotatable bonds is 8. The first-order chi connectivity index (χ1) is 16.3. The molecule has 0 N–H and O–H groups in total. The molecule has 9 heteroatoms. The summed E-state index contributed by atoms with van der Waals surface area (Å²) in [6.07, 6.45) is 0. The van der Waals surface area contributed by atoms with Gasteiger partial charge in [0.05, 0.1) is 26.0 Å². The molecule has 4 rings (SSSR count). The summed E-state index contributed by atoms with van der Waals surface area (Å²) in [5, 5.41) is 10.3. The van der Waals surface area contributed by atoms with E-state index in [1.165, 1.54) is 5.56 Å². The number of aromatic nitrogens is 5. The second-order valence-electron chi connectivity index (χ2n) is 8.45. The van der Waals surface area contributed by atoms with Crippen molar-refractivity contribution in [2.75, 3.05) is 14.2 Å². The first-order valence-corrected chi connectivity index (χ1v) is 11.8. The molecule has 0 radical (unpaired) electrons. The Labute approximate surface area is 210 Å². The van der Waals surface area contributed by atoms with Crippen molar-refractivity contribution in [2.45, 2.75) is 33.6 Å². The van der Waals surface area contributed by atoms with Gasteiger partial charge in [-0.25, -0.2) is 4.68 Å². The molecule has 0 spiro atoms. The summed E-state index contributed by atoms with van der Waals surface area (Å²) in [5.74, 6) is 1.63. The molecule has 2 heterocycles. The van der Waals surface area contributed by atoms with Crippen molar-refractivity contribution >= 4 is 23.8 Å². The highest BCUT2D eigenvalue weighted by molar-refractivity contribution is 7.71. The standard InChI is InChI=1S/C25H29ClN6OS/c1-17-22(18(2)31(27-17)14-20-8-6-7-9-23(20)26)15-29(3)16-32-25(34)30(4)24(28-32)19-10-12-21(33-5)13-11-19/h6-13H,14-16H2,1-5H3. The van der Waals surface area contributed by atoms with Crippen LogP contribution in [0.15, 0.2) is 48.5 Å². The summed E-state index contributed by atoms with van der Waals surface area (Å²) < 4.78 is 11.7. The van der Waals surface area contributed by atoms with E-state index in [1.54, 1.807) is 7.11 Å². The van der Waals surface area contributed by atoms with Gasteiger partial charge in [-0.1, -0.05) is 29.8 Å². The van der Waals surface area contributed by atoms with Crippen LogP contribution in [0.5, 0.6) is 5.75 Å². The molecule has 0 aliphatic heterocycles. The highest BCUT2D eigenvalue weighted by atomic mass is 35.5. The van der Waals surface area contributed by atoms with Gasteiger partial charge in [0.1, 0.15) is 5.75 Å². The Hall–Kier alpha value is -2.94. The lowest BCUT2D eigenvalue weighted by Gasteiger charge is -2.17. The summed E-state index contributed by atoms with van der Waals surface area (Å²) >= 11 is 12.0. The molecule has 34 heavy (non-hydrogen) atoms. The molecule has 178 valence electrons. The zero-order valence-corrected chi connectivity index (χ0v) is 21.7. The molecule has 0 saturated carbocycles. The van der Waals surface area contributed by atoms with Crippen LogP contribution in [0, 0.1) is 18.6 Å². The molecule has 2 aromatic carbocycles. The van der Waals surface area contributed by atoms with Crippen molar-refractivity contribution in [3.05, 3.63) is 80.8 Å². The van der Waals surface area contributed by atoms with Crippen molar-refractivity contribution < 1.29 is 4.74 Å². The second kappa shape index (κ2) is 10.1. The second-order valence-corrected chi connectivity index (χ2v) is 9.22. The van der Waals surface area contributed by atoms with E-state index in [0.717, 1.165) is 45.7 Å². The first kappa shape index (κ1) is 24.2. The molecule has 4 aromatic rings. The smallest absolute Gasteiger partial charge is 0.199 e. The lowest BCUT2D eigenvalue weighted by Crippen LogP contribution is -2.23. The molecule has 0 unspecified atom stereocenters. The zero-order valence-electron chi connectivity index (χ0n) is 20.1. The molecule has 7 nitrogen and oxygen atoms in total. The van der Waals surface area contributed by atoms with Gasteiger partial charge in [0, 0.05) is 35.4 Å². The van der Waals surface area contributed by atoms with Gasteiger partial charge in [0.2, 0.25) is 0 Å². The average molecular weight is 497 g/mol. The molecule has 0 aliphatic carbocycles. The molecule has 0 fully saturated rings. The Morgan fingerprint density at radius 1 is 1.03 bits per heavy atom. The van der Waals surface area contributed by atoms with Crippen molar-refractivity contribution in [3.8, 4) is 17.1 Å². The van der Waals surface area contributed by atoms with Gasteiger partial charge in [0.25, 0.3) is 0 Å². The third kappa shape index (κ3) is 4.94. The third-order valence-corrected chi connectivity index (χ3v) is 6.86. The van der Waals surface area contributed by atoms with Gasteiger partial charge in [-0.3, -0.25) is 9.58 Å². The fraction of sp³-hybridized carbons (Fsp3) is 0.320. The van der Waals surface area contributed by atoms with Crippen LogP contribution in [-0.4, -0.2) is 43.2 Å². The maximum absolute atomic E-state index is 6.36. The minimum Gasteiger partial charge on any atom is -0.497 e. The molecule has 2 aromatic heterocycles. The Bertz CT molecular complexity index is 1350. The largest absolute Gasteiger partial charge is 0.497 e. The Morgan fingerprint density at radius 2 is 1.74 bits per heavy atom. The first-order valence-electron chi connectivity index (χ1n) is 11.0. The third-order valence-electron chi connectivity index (χ3n) is 6.00. The van der Waals surface area contributed by atoms with E-state index < -0.39 is 0 Å². The average Bonchev–Trinajstić information content (AvgIpc) is 3.25. The van der Waals surface area contributed by atoms with Crippen LogP contribution in [0.3, 0.4) is 0 Å². The van der Waals surface area contributed by atoms with Gasteiger partial charge in [0.15, 0.2) is 10.6 Å². The van der Waals surface area contributed by atoms with Crippen LogP contribution in [-0.2, 0) is 26.8 Å². The minimum absolute atomic E-state index is 0.567. The summed E-state index contributed by atoms with van der Waals surface area (Å²) in [4.78, 5) is 2.19. The van der Waals surface area contributed by atoms with E-state index in [-0.39, 0.29) is 0 Å². The zero-order chi connectivity index (χ0) is 24.4. The maximum Gasteiger partial charge on any atom is 0.199 e. The quantitative estimate of drug-likeness (QED) is 0.312. The monoisotopic (exact) mass is 496 g/mol. The number of aryl methyl sites for hydroxylation is 1. The molecule has 0 saturated heterocycles. The van der Waals surface area contributed by atoms with Crippen molar-refractivity contribution in [3.63, 3.8) is 0 Å². The number of benzene rings is 2. The van der Waals surface area contributed by atoms with Crippen LogP contribution in [0.1, 0.15) is 22.5 Å². The molecular weight excluding hydrogens is 468 g/mol. The summed E-state index contributed by atoms with van der Waals surface area (Å²) in [6, 6.07) is 15.7. The normalized spacial score (nSPS) is 11.4. The van der Waals surface area contributed by atoms with E-state index in [4.69, 9.17) is 38.8 Å². The lowest BCUT2D eigenvalue weighted by atomic mass is 10.2. The SMILES string of the molecule is COc1ccc(-c2nn(CN(C)Cc3c(C)nn(Cc4ccccc4Cl)c3C)c(=S)n2C)cc1. The molecule has 0 atom stereocenters. The topological polar surface area (TPSA) is 53.0 Å². The summed E-state index contributed by atoms with van der Waals surface area (Å²) in [7, 11) is 5.66. The number of methoxy groups -OCH3 is 1. The number of halogens is 1. The van der Waals surface area contributed by atoms with Crippen LogP contribution < -0.4 is 4.74 Å². The molecule has 0 amide bonds. The Kier molecular flexibility index (Phi) is 7.21. The van der Waals surface area contributed by atoms with Crippen LogP contribution >= 0.6 is 23.8 Å². The molecule has 0 bridgehead atoms. The number of nitrogens with zero attached hydrogens (tertiary/aromatic N) is 6. The summed E-state index contributed by atoms with van der Waals surface area (Å²) in [5.41, 5.74) is 5.39. The van der Waals surface area contributed by atoms with Crippen LogP contribution in [0.4, 0.5) is 0 Å². The Balaban J connectivity index is 1.51. The van der Waals surface area contributed by atoms with E-state index in [1.807, 2.05) is 76.4 Å². The van der Waals surface area contributed by atoms with Gasteiger partial charge in [-0.05, 0) is 69.0 Å². The Morgan fingerprint density at radius 3 is 2.41 bits per heavy atom. The predicted molar refractivity (Wildman–Crippen MR) is 138 cm³/mol. The number of hydrogen-bond acceptors (Lipinski definition) is 5. The van der Waals surface area contributed by atoms with E-state index in [2.05, 4.69) is 18.9 Å². The van der Waals surface area contributed by atoms with Gasteiger partial charge in [-0.2, -0.15) is 10.2 Å². The van der Waals surface area contributed by atoms with Crippen LogP contribution in [0.2, 0.25) is 5.02 Å². The van der Waals surface area contributed by atoms with E-state index >= 15 is 0 Å². The highest BCUT2D eigenvalue weighted by Gasteiger charge is 2.16. The van der Waals surface area contributed by atoms with Gasteiger partial charge >= 0.3 is 0 Å². The maximum atomic E-state index is 6.36. The van der Waals surface area contributed by atoms with Crippen molar-refractivity contribution in [1.29, 1.82) is 0 Å². The summed E-state index contributed by atoms with van der Waals surface area (Å²) in [6.45, 7) is 6.10. The predicted octanol–water partition coefficient (Wildman–Crippen LogP) is 5.23. The van der Waals surface area contributed by atoms with Crippen molar-refractivity contribution in [1.82, 2.24) is 29.0 Å². The van der Waals surface area contributed by atoms with Gasteiger partial charge < -0.3 is 9.30 Å². The van der Waals surface area contributed by atoms with Gasteiger partial charge in [-0.15, -0.1) is 0 Å². The fourth-order valence-electron chi connectivity index (χ4n) is 4.02. The fourth-order valence-corrected chi connectivity index (χ4v) is 4.41. The van der Waals surface area contributed by atoms with Crippen molar-refractivity contribution in [2.24, 2.45) is 7.05 Å². The van der Waals surface area contributed by atoms with Crippen LogP contribution in [0.25, 0.3) is 11.4 Å². The van der Waals surface area contributed by atoms with E-state index in [0.29, 0.717) is 18.0 Å². The minimum atomic E-state index is 0.567. The number of ether oxygens (including phenoxy) is 1. The van der Waals surface area contributed by atoms with E-state index in [9.17, 15) is 0 Å². The number of hydrogen-bond donors (Lipinski definition) is 0. The molecule has 0 aliphatic rings.